The summed E-state index contributed by atoms with van der Waals surface area (Å²) >= 11 is 9.43. The highest BCUT2D eigenvalue weighted by molar-refractivity contribution is 9.10. The quantitative estimate of drug-likeness (QED) is 0.227. The SMILES string of the molecule is COc1ccccc1C(=O)N/N=C\c1cc(Br)ccc1OC(=O)c1ccccc1Cl. The number of hydrazone groups is 1. The van der Waals surface area contributed by atoms with Crippen LogP contribution in [0.15, 0.2) is 76.3 Å². The lowest BCUT2D eigenvalue weighted by Gasteiger charge is -2.09. The van der Waals surface area contributed by atoms with Crippen molar-refractivity contribution in [2.45, 2.75) is 0 Å². The van der Waals surface area contributed by atoms with Crippen LogP contribution in [0.25, 0.3) is 0 Å². The summed E-state index contributed by atoms with van der Waals surface area (Å²) < 4.78 is 11.4. The van der Waals surface area contributed by atoms with Gasteiger partial charge in [0.2, 0.25) is 0 Å². The number of halogens is 2. The molecule has 0 atom stereocenters. The number of rotatable bonds is 6. The molecule has 0 aliphatic heterocycles. The number of nitrogens with zero attached hydrogens (tertiary/aromatic N) is 1. The summed E-state index contributed by atoms with van der Waals surface area (Å²) in [6.07, 6.45) is 1.38. The molecule has 0 aliphatic rings. The van der Waals surface area contributed by atoms with Gasteiger partial charge in [0.05, 0.1) is 29.5 Å². The second kappa shape index (κ2) is 10.0. The van der Waals surface area contributed by atoms with E-state index in [1.807, 2.05) is 0 Å². The Balaban J connectivity index is 1.77. The van der Waals surface area contributed by atoms with Crippen LogP contribution in [0.3, 0.4) is 0 Å². The van der Waals surface area contributed by atoms with Gasteiger partial charge in [-0.15, -0.1) is 0 Å². The molecule has 0 bridgehead atoms. The molecule has 1 amide bonds. The van der Waals surface area contributed by atoms with Gasteiger partial charge in [-0.25, -0.2) is 10.2 Å². The lowest BCUT2D eigenvalue weighted by molar-refractivity contribution is 0.0734. The maximum absolute atomic E-state index is 12.5. The Bertz CT molecular complexity index is 1120. The van der Waals surface area contributed by atoms with E-state index in [4.69, 9.17) is 21.1 Å². The van der Waals surface area contributed by atoms with Crippen molar-refractivity contribution in [2.24, 2.45) is 5.10 Å². The first-order valence-electron chi connectivity index (χ1n) is 8.72. The van der Waals surface area contributed by atoms with E-state index in [-0.39, 0.29) is 11.3 Å². The number of nitrogens with one attached hydrogen (secondary N) is 1. The van der Waals surface area contributed by atoms with Crippen molar-refractivity contribution >= 4 is 45.6 Å². The average Bonchev–Trinajstić information content (AvgIpc) is 2.75. The van der Waals surface area contributed by atoms with Gasteiger partial charge in [-0.3, -0.25) is 4.79 Å². The van der Waals surface area contributed by atoms with Gasteiger partial charge in [-0.1, -0.05) is 51.8 Å². The number of hydrogen-bond donors (Lipinski definition) is 1. The van der Waals surface area contributed by atoms with Gasteiger partial charge in [0.15, 0.2) is 0 Å². The minimum atomic E-state index is -0.601. The highest BCUT2D eigenvalue weighted by Gasteiger charge is 2.15. The maximum Gasteiger partial charge on any atom is 0.345 e. The van der Waals surface area contributed by atoms with Crippen LogP contribution in [-0.2, 0) is 0 Å². The van der Waals surface area contributed by atoms with Crippen molar-refractivity contribution in [1.82, 2.24) is 5.43 Å². The molecule has 0 heterocycles. The molecule has 0 saturated heterocycles. The number of benzene rings is 3. The van der Waals surface area contributed by atoms with Gasteiger partial charge in [-0.2, -0.15) is 5.10 Å². The Hall–Kier alpha value is -3.16. The molecule has 152 valence electrons. The summed E-state index contributed by atoms with van der Waals surface area (Å²) in [5, 5.41) is 4.27. The molecule has 8 heteroatoms. The first kappa shape index (κ1) is 21.5. The van der Waals surface area contributed by atoms with Crippen LogP contribution in [-0.4, -0.2) is 25.2 Å². The third-order valence-electron chi connectivity index (χ3n) is 3.99. The number of ether oxygens (including phenoxy) is 2. The first-order valence-corrected chi connectivity index (χ1v) is 9.89. The summed E-state index contributed by atoms with van der Waals surface area (Å²) in [4.78, 5) is 24.8. The van der Waals surface area contributed by atoms with Crippen LogP contribution in [0.5, 0.6) is 11.5 Å². The molecule has 3 aromatic carbocycles. The second-order valence-corrected chi connectivity index (χ2v) is 7.27. The highest BCUT2D eigenvalue weighted by Crippen LogP contribution is 2.24. The first-order chi connectivity index (χ1) is 14.5. The molecule has 3 rings (SSSR count). The van der Waals surface area contributed by atoms with Gasteiger partial charge in [0.1, 0.15) is 11.5 Å². The zero-order valence-electron chi connectivity index (χ0n) is 15.8. The van der Waals surface area contributed by atoms with Crippen LogP contribution in [0, 0.1) is 0 Å². The van der Waals surface area contributed by atoms with Crippen molar-refractivity contribution in [3.8, 4) is 11.5 Å². The third kappa shape index (κ3) is 5.25. The lowest BCUT2D eigenvalue weighted by Crippen LogP contribution is -2.18. The van der Waals surface area contributed by atoms with Gasteiger partial charge < -0.3 is 9.47 Å². The number of carbonyl (C=O) groups is 2. The fraction of sp³-hybridized carbons (Fsp3) is 0.0455. The Labute approximate surface area is 186 Å². The summed E-state index contributed by atoms with van der Waals surface area (Å²) in [5.74, 6) is -0.343. The van der Waals surface area contributed by atoms with Gasteiger partial charge in [0.25, 0.3) is 5.91 Å². The normalized spacial score (nSPS) is 10.6. The Morgan fingerprint density at radius 2 is 1.70 bits per heavy atom. The summed E-state index contributed by atoms with van der Waals surface area (Å²) in [7, 11) is 1.48. The molecule has 0 aromatic heterocycles. The monoisotopic (exact) mass is 486 g/mol. The standard InChI is InChI=1S/C22H16BrClN2O4/c1-29-20-9-5-3-7-17(20)21(27)26-25-13-14-12-15(23)10-11-19(14)30-22(28)16-6-2-4-8-18(16)24/h2-13H,1H3,(H,26,27)/b25-13-. The number of methoxy groups -OCH3 is 1. The van der Waals surface area contributed by atoms with Crippen molar-refractivity contribution < 1.29 is 19.1 Å². The highest BCUT2D eigenvalue weighted by atomic mass is 79.9. The molecule has 30 heavy (non-hydrogen) atoms. The molecule has 0 unspecified atom stereocenters. The number of carbonyl (C=O) groups excluding carboxylic acids is 2. The number of esters is 1. The fourth-order valence-corrected chi connectivity index (χ4v) is 3.14. The van der Waals surface area contributed by atoms with Crippen molar-refractivity contribution in [1.29, 1.82) is 0 Å². The van der Waals surface area contributed by atoms with E-state index in [2.05, 4.69) is 26.5 Å². The van der Waals surface area contributed by atoms with E-state index in [0.29, 0.717) is 21.9 Å². The van der Waals surface area contributed by atoms with Crippen LogP contribution < -0.4 is 14.9 Å². The van der Waals surface area contributed by atoms with Crippen molar-refractivity contribution in [2.75, 3.05) is 7.11 Å². The van der Waals surface area contributed by atoms with E-state index < -0.39 is 11.9 Å². The minimum absolute atomic E-state index is 0.245. The van der Waals surface area contributed by atoms with Gasteiger partial charge >= 0.3 is 5.97 Å². The predicted octanol–water partition coefficient (Wildman–Crippen LogP) is 5.09. The number of hydrogen-bond acceptors (Lipinski definition) is 5. The molecular weight excluding hydrogens is 472 g/mol. The van der Waals surface area contributed by atoms with Gasteiger partial charge in [0, 0.05) is 10.0 Å². The molecule has 0 radical (unpaired) electrons. The lowest BCUT2D eigenvalue weighted by atomic mass is 10.2. The predicted molar refractivity (Wildman–Crippen MR) is 119 cm³/mol. The molecular formula is C22H16BrClN2O4. The summed E-state index contributed by atoms with van der Waals surface area (Å²) in [5.41, 5.74) is 3.50. The van der Waals surface area contributed by atoms with Crippen molar-refractivity contribution in [3.63, 3.8) is 0 Å². The van der Waals surface area contributed by atoms with Crippen LogP contribution in [0.4, 0.5) is 0 Å². The van der Waals surface area contributed by atoms with Crippen LogP contribution in [0.1, 0.15) is 26.3 Å². The number of para-hydroxylation sites is 1. The van der Waals surface area contributed by atoms with E-state index >= 15 is 0 Å². The number of amides is 1. The Morgan fingerprint density at radius 3 is 2.43 bits per heavy atom. The van der Waals surface area contributed by atoms with E-state index in [1.165, 1.54) is 13.3 Å². The topological polar surface area (TPSA) is 77.0 Å². The molecule has 0 fully saturated rings. The molecule has 1 N–H and O–H groups in total. The smallest absolute Gasteiger partial charge is 0.345 e. The third-order valence-corrected chi connectivity index (χ3v) is 4.81. The Morgan fingerprint density at radius 1 is 1.00 bits per heavy atom. The summed E-state index contributed by atoms with van der Waals surface area (Å²) in [6.45, 7) is 0. The molecule has 0 saturated carbocycles. The van der Waals surface area contributed by atoms with Crippen LogP contribution in [0.2, 0.25) is 5.02 Å². The van der Waals surface area contributed by atoms with Crippen molar-refractivity contribution in [3.05, 3.63) is 92.9 Å². The van der Waals surface area contributed by atoms with E-state index in [1.54, 1.807) is 66.7 Å². The van der Waals surface area contributed by atoms with E-state index in [9.17, 15) is 9.59 Å². The molecule has 0 spiro atoms. The zero-order chi connectivity index (χ0) is 21.5. The average molecular weight is 488 g/mol. The van der Waals surface area contributed by atoms with Gasteiger partial charge in [-0.05, 0) is 42.5 Å². The molecule has 6 nitrogen and oxygen atoms in total. The Kier molecular flexibility index (Phi) is 7.21. The fourth-order valence-electron chi connectivity index (χ4n) is 2.55. The molecule has 0 aliphatic carbocycles. The summed E-state index contributed by atoms with van der Waals surface area (Å²) in [6, 6.07) is 18.4. The zero-order valence-corrected chi connectivity index (χ0v) is 18.1. The minimum Gasteiger partial charge on any atom is -0.496 e. The second-order valence-electron chi connectivity index (χ2n) is 5.95. The maximum atomic E-state index is 12.5. The van der Waals surface area contributed by atoms with E-state index in [0.717, 1.165) is 4.47 Å². The van der Waals surface area contributed by atoms with Crippen LogP contribution >= 0.6 is 27.5 Å². The molecule has 3 aromatic rings. The largest absolute Gasteiger partial charge is 0.496 e.